The summed E-state index contributed by atoms with van der Waals surface area (Å²) >= 11 is 1.55. The number of carbonyl (C=O) groups is 2. The minimum atomic E-state index is -3.37. The number of hydrogen-bond donors (Lipinski definition) is 1. The van der Waals surface area contributed by atoms with E-state index in [1.54, 1.807) is 42.1 Å². The predicted octanol–water partition coefficient (Wildman–Crippen LogP) is 2.61. The van der Waals surface area contributed by atoms with Crippen LogP contribution in [0.3, 0.4) is 0 Å². The SMILES string of the molecule is CSc1ccc(C(=O)OCC(=O)Nc2cccc(S(C)(=O)=O)c2)cc1. The Bertz CT molecular complexity index is 876. The lowest BCUT2D eigenvalue weighted by molar-refractivity contribution is -0.119. The fourth-order valence-corrected chi connectivity index (χ4v) is 3.02. The lowest BCUT2D eigenvalue weighted by atomic mass is 10.2. The maximum Gasteiger partial charge on any atom is 0.338 e. The molecule has 2 aromatic carbocycles. The van der Waals surface area contributed by atoms with E-state index in [0.717, 1.165) is 11.2 Å². The maximum absolute atomic E-state index is 11.9. The normalized spacial score (nSPS) is 11.0. The first kappa shape index (κ1) is 19.0. The molecule has 0 spiro atoms. The molecular weight excluding hydrogens is 362 g/mol. The van der Waals surface area contributed by atoms with Crippen molar-refractivity contribution >= 4 is 39.2 Å². The van der Waals surface area contributed by atoms with Gasteiger partial charge in [0.05, 0.1) is 10.5 Å². The zero-order valence-electron chi connectivity index (χ0n) is 13.7. The number of benzene rings is 2. The van der Waals surface area contributed by atoms with Gasteiger partial charge < -0.3 is 10.1 Å². The summed E-state index contributed by atoms with van der Waals surface area (Å²) in [5, 5.41) is 2.50. The molecule has 0 atom stereocenters. The highest BCUT2D eigenvalue weighted by Crippen LogP contribution is 2.16. The molecular formula is C17H17NO5S2. The first-order chi connectivity index (χ1) is 11.8. The standard InChI is InChI=1S/C17H17NO5S2/c1-24-14-8-6-12(7-9-14)17(20)23-11-16(19)18-13-4-3-5-15(10-13)25(2,21)22/h3-10H,11H2,1-2H3,(H,18,19). The molecule has 0 radical (unpaired) electrons. The summed E-state index contributed by atoms with van der Waals surface area (Å²) in [6.07, 6.45) is 3.01. The molecule has 0 saturated carbocycles. The second-order valence-electron chi connectivity index (χ2n) is 5.15. The number of esters is 1. The molecule has 0 aliphatic carbocycles. The topological polar surface area (TPSA) is 89.5 Å². The van der Waals surface area contributed by atoms with Crippen molar-refractivity contribution in [1.82, 2.24) is 0 Å². The number of hydrogen-bond acceptors (Lipinski definition) is 6. The van der Waals surface area contributed by atoms with E-state index in [2.05, 4.69) is 5.32 Å². The number of carbonyl (C=O) groups excluding carboxylic acids is 2. The van der Waals surface area contributed by atoms with Crippen LogP contribution in [0.4, 0.5) is 5.69 Å². The molecule has 2 rings (SSSR count). The largest absolute Gasteiger partial charge is 0.452 e. The fraction of sp³-hybridized carbons (Fsp3) is 0.176. The summed E-state index contributed by atoms with van der Waals surface area (Å²) in [6.45, 7) is -0.466. The van der Waals surface area contributed by atoms with Crippen LogP contribution in [-0.4, -0.2) is 39.4 Å². The predicted molar refractivity (Wildman–Crippen MR) is 96.7 cm³/mol. The minimum Gasteiger partial charge on any atom is -0.452 e. The van der Waals surface area contributed by atoms with Crippen molar-refractivity contribution in [1.29, 1.82) is 0 Å². The van der Waals surface area contributed by atoms with Gasteiger partial charge in [0, 0.05) is 16.8 Å². The Morgan fingerprint density at radius 1 is 1.12 bits per heavy atom. The molecule has 0 aliphatic rings. The Hall–Kier alpha value is -2.32. The van der Waals surface area contributed by atoms with Crippen molar-refractivity contribution in [3.05, 3.63) is 54.1 Å². The van der Waals surface area contributed by atoms with Gasteiger partial charge >= 0.3 is 5.97 Å². The summed E-state index contributed by atoms with van der Waals surface area (Å²) in [4.78, 5) is 24.9. The molecule has 1 N–H and O–H groups in total. The van der Waals surface area contributed by atoms with Crippen molar-refractivity contribution in [2.45, 2.75) is 9.79 Å². The Morgan fingerprint density at radius 3 is 2.40 bits per heavy atom. The van der Waals surface area contributed by atoms with Gasteiger partial charge in [0.2, 0.25) is 0 Å². The number of thioether (sulfide) groups is 1. The minimum absolute atomic E-state index is 0.0937. The van der Waals surface area contributed by atoms with Crippen LogP contribution < -0.4 is 5.32 Å². The molecule has 0 saturated heterocycles. The zero-order chi connectivity index (χ0) is 18.4. The van der Waals surface area contributed by atoms with Crippen molar-refractivity contribution in [3.8, 4) is 0 Å². The van der Waals surface area contributed by atoms with Crippen molar-refractivity contribution in [3.63, 3.8) is 0 Å². The first-order valence-corrected chi connectivity index (χ1v) is 10.3. The van der Waals surface area contributed by atoms with Crippen LogP contribution in [0, 0.1) is 0 Å². The van der Waals surface area contributed by atoms with Gasteiger partial charge in [-0.25, -0.2) is 13.2 Å². The Labute approximate surface area is 150 Å². The van der Waals surface area contributed by atoms with Crippen LogP contribution in [0.2, 0.25) is 0 Å². The smallest absolute Gasteiger partial charge is 0.338 e. The molecule has 8 heteroatoms. The second-order valence-corrected chi connectivity index (χ2v) is 8.05. The third-order valence-corrected chi connectivity index (χ3v) is 5.06. The molecule has 0 bridgehead atoms. The van der Waals surface area contributed by atoms with Crippen LogP contribution >= 0.6 is 11.8 Å². The van der Waals surface area contributed by atoms with Crippen LogP contribution in [0.15, 0.2) is 58.3 Å². The fourth-order valence-electron chi connectivity index (χ4n) is 1.94. The molecule has 132 valence electrons. The van der Waals surface area contributed by atoms with Gasteiger partial charge in [-0.3, -0.25) is 4.79 Å². The van der Waals surface area contributed by atoms with Gasteiger partial charge in [0.1, 0.15) is 0 Å². The van der Waals surface area contributed by atoms with Gasteiger partial charge in [-0.05, 0) is 48.7 Å². The molecule has 0 unspecified atom stereocenters. The number of nitrogens with one attached hydrogen (secondary N) is 1. The maximum atomic E-state index is 11.9. The number of rotatable bonds is 6. The van der Waals surface area contributed by atoms with Crippen LogP contribution in [0.5, 0.6) is 0 Å². The van der Waals surface area contributed by atoms with Crippen LogP contribution in [-0.2, 0) is 19.4 Å². The first-order valence-electron chi connectivity index (χ1n) is 7.21. The quantitative estimate of drug-likeness (QED) is 0.613. The van der Waals surface area contributed by atoms with E-state index in [1.165, 1.54) is 18.2 Å². The Kier molecular flexibility index (Phi) is 6.22. The van der Waals surface area contributed by atoms with E-state index < -0.39 is 28.3 Å². The van der Waals surface area contributed by atoms with E-state index in [9.17, 15) is 18.0 Å². The second kappa shape index (κ2) is 8.17. The number of ether oxygens (including phenoxy) is 1. The van der Waals surface area contributed by atoms with Gasteiger partial charge in [-0.15, -0.1) is 11.8 Å². The average molecular weight is 379 g/mol. The van der Waals surface area contributed by atoms with E-state index in [-0.39, 0.29) is 4.90 Å². The van der Waals surface area contributed by atoms with E-state index in [0.29, 0.717) is 11.3 Å². The van der Waals surface area contributed by atoms with Crippen molar-refractivity contribution in [2.75, 3.05) is 24.4 Å². The molecule has 1 amide bonds. The van der Waals surface area contributed by atoms with Crippen LogP contribution in [0.1, 0.15) is 10.4 Å². The summed E-state index contributed by atoms with van der Waals surface area (Å²) in [7, 11) is -3.37. The monoisotopic (exact) mass is 379 g/mol. The summed E-state index contributed by atoms with van der Waals surface area (Å²) in [6, 6.07) is 12.7. The third kappa shape index (κ3) is 5.61. The lowest BCUT2D eigenvalue weighted by Gasteiger charge is -2.08. The lowest BCUT2D eigenvalue weighted by Crippen LogP contribution is -2.21. The van der Waals surface area contributed by atoms with Crippen LogP contribution in [0.25, 0.3) is 0 Å². The highest BCUT2D eigenvalue weighted by atomic mass is 32.2. The van der Waals surface area contributed by atoms with E-state index in [4.69, 9.17) is 4.74 Å². The Morgan fingerprint density at radius 2 is 1.80 bits per heavy atom. The molecule has 25 heavy (non-hydrogen) atoms. The summed E-state index contributed by atoms with van der Waals surface area (Å²) < 4.78 is 28.0. The highest BCUT2D eigenvalue weighted by molar-refractivity contribution is 7.98. The zero-order valence-corrected chi connectivity index (χ0v) is 15.3. The molecule has 6 nitrogen and oxygen atoms in total. The van der Waals surface area contributed by atoms with Crippen molar-refractivity contribution < 1.29 is 22.7 Å². The molecule has 0 aromatic heterocycles. The summed E-state index contributed by atoms with van der Waals surface area (Å²) in [5.74, 6) is -1.16. The number of anilines is 1. The third-order valence-electron chi connectivity index (χ3n) is 3.21. The molecule has 0 heterocycles. The van der Waals surface area contributed by atoms with E-state index >= 15 is 0 Å². The number of sulfone groups is 1. The summed E-state index contributed by atoms with van der Waals surface area (Å²) in [5.41, 5.74) is 0.665. The Balaban J connectivity index is 1.93. The molecule has 0 aliphatic heterocycles. The van der Waals surface area contributed by atoms with Crippen molar-refractivity contribution in [2.24, 2.45) is 0 Å². The molecule has 2 aromatic rings. The van der Waals surface area contributed by atoms with Gasteiger partial charge in [0.25, 0.3) is 5.91 Å². The average Bonchev–Trinajstić information content (AvgIpc) is 2.59. The van der Waals surface area contributed by atoms with E-state index in [1.807, 2.05) is 6.26 Å². The van der Waals surface area contributed by atoms with Gasteiger partial charge in [-0.2, -0.15) is 0 Å². The van der Waals surface area contributed by atoms with Gasteiger partial charge in [-0.1, -0.05) is 6.07 Å². The van der Waals surface area contributed by atoms with Gasteiger partial charge in [0.15, 0.2) is 16.4 Å². The number of amides is 1. The highest BCUT2D eigenvalue weighted by Gasteiger charge is 2.12. The molecule has 0 fully saturated rings.